The Bertz CT molecular complexity index is 1290. The second-order valence-electron chi connectivity index (χ2n) is 20.1. The van der Waals surface area contributed by atoms with Crippen molar-refractivity contribution in [2.75, 3.05) is 40.9 Å². The molecule has 0 saturated heterocycles. The van der Waals surface area contributed by atoms with Gasteiger partial charge in [0.1, 0.15) is 19.3 Å². The maximum absolute atomic E-state index is 13.4. The number of rotatable bonds is 50. The van der Waals surface area contributed by atoms with Gasteiger partial charge in [-0.3, -0.25) is 14.2 Å². The fourth-order valence-corrected chi connectivity index (χ4v) is 8.60. The zero-order valence-corrected chi connectivity index (χ0v) is 45.5. The fraction of sp³-hybridized carbons (Fsp3) is 0.825. The summed E-state index contributed by atoms with van der Waals surface area (Å²) < 4.78 is 30.2. The molecule has 9 nitrogen and oxygen atoms in total. The molecule has 0 aromatic carbocycles. The van der Waals surface area contributed by atoms with Crippen LogP contribution in [-0.2, 0) is 27.9 Å². The summed E-state index contributed by atoms with van der Waals surface area (Å²) in [5.41, 5.74) is 0. The second kappa shape index (κ2) is 47.6. The van der Waals surface area contributed by atoms with E-state index < -0.39 is 26.6 Å². The Morgan fingerprint density at radius 3 is 1.39 bits per heavy atom. The third-order valence-corrected chi connectivity index (χ3v) is 13.2. The number of unbranched alkanes of at least 4 members (excludes halogenated alkanes) is 28. The molecule has 1 N–H and O–H groups in total. The summed E-state index contributed by atoms with van der Waals surface area (Å²) >= 11 is 0. The number of phosphoric ester groups is 1. The van der Waals surface area contributed by atoms with E-state index in [1.165, 1.54) is 135 Å². The van der Waals surface area contributed by atoms with Gasteiger partial charge in [-0.25, -0.2) is 0 Å². The number of likely N-dealkylation sites (N-methyl/N-ethyl adjacent to an activating group) is 1. The third kappa shape index (κ3) is 48.8. The van der Waals surface area contributed by atoms with Gasteiger partial charge in [0.2, 0.25) is 5.91 Å². The normalized spacial score (nSPS) is 14.2. The van der Waals surface area contributed by atoms with Crippen LogP contribution in [0, 0.1) is 0 Å². The molecule has 0 aromatic heterocycles. The smallest absolute Gasteiger partial charge is 0.306 e. The van der Waals surface area contributed by atoms with Gasteiger partial charge in [0.15, 0.2) is 0 Å². The quantitative estimate of drug-likeness (QED) is 0.0212. The number of hydrogen-bond acceptors (Lipinski definition) is 7. The highest BCUT2D eigenvalue weighted by molar-refractivity contribution is 7.45. The van der Waals surface area contributed by atoms with Crippen molar-refractivity contribution in [2.24, 2.45) is 0 Å². The summed E-state index contributed by atoms with van der Waals surface area (Å²) in [6.07, 6.45) is 56.4. The molecule has 3 unspecified atom stereocenters. The number of hydrogen-bond donors (Lipinski definition) is 1. The first-order valence-corrected chi connectivity index (χ1v) is 29.4. The molecule has 10 heteroatoms. The minimum Gasteiger partial charge on any atom is -0.756 e. The van der Waals surface area contributed by atoms with E-state index >= 15 is 0 Å². The number of nitrogens with zero attached hydrogens (tertiary/aromatic N) is 1. The first-order chi connectivity index (χ1) is 32.4. The topological polar surface area (TPSA) is 114 Å². The van der Waals surface area contributed by atoms with Gasteiger partial charge in [-0.15, -0.1) is 0 Å². The first-order valence-electron chi connectivity index (χ1n) is 27.9. The van der Waals surface area contributed by atoms with Crippen molar-refractivity contribution < 1.29 is 37.3 Å². The molecule has 0 radical (unpaired) electrons. The monoisotopic (exact) mass is 963 g/mol. The summed E-state index contributed by atoms with van der Waals surface area (Å²) in [6, 6.07) is -0.893. The number of nitrogens with one attached hydrogen (secondary N) is 1. The Balaban J connectivity index is 5.38. The van der Waals surface area contributed by atoms with Crippen molar-refractivity contribution >= 4 is 19.7 Å². The van der Waals surface area contributed by atoms with E-state index in [1.54, 1.807) is 0 Å². The lowest BCUT2D eigenvalue weighted by Crippen LogP contribution is -2.47. The highest BCUT2D eigenvalue weighted by Gasteiger charge is 2.27. The molecule has 0 aliphatic heterocycles. The predicted octanol–water partition coefficient (Wildman–Crippen LogP) is 15.9. The van der Waals surface area contributed by atoms with Crippen molar-refractivity contribution in [1.82, 2.24) is 5.32 Å². The molecule has 0 saturated carbocycles. The van der Waals surface area contributed by atoms with Gasteiger partial charge in [-0.2, -0.15) is 0 Å². The van der Waals surface area contributed by atoms with E-state index in [0.29, 0.717) is 23.9 Å². The minimum atomic E-state index is -4.69. The number of amides is 1. The second-order valence-corrected chi connectivity index (χ2v) is 21.5. The molecule has 0 aliphatic rings. The van der Waals surface area contributed by atoms with E-state index in [9.17, 15) is 19.0 Å². The Hall–Kier alpha value is -2.03. The Kier molecular flexibility index (Phi) is 46.2. The fourth-order valence-electron chi connectivity index (χ4n) is 7.88. The highest BCUT2D eigenvalue weighted by atomic mass is 31.2. The number of carbonyl (C=O) groups is 2. The molecule has 3 atom stereocenters. The molecule has 0 aromatic rings. The molecule has 392 valence electrons. The summed E-state index contributed by atoms with van der Waals surface area (Å²) in [6.45, 7) is 6.79. The molecule has 0 fully saturated rings. The van der Waals surface area contributed by atoms with Crippen molar-refractivity contribution in [3.63, 3.8) is 0 Å². The number of carbonyl (C=O) groups excluding carboxylic acids is 2. The van der Waals surface area contributed by atoms with Crippen LogP contribution in [0.25, 0.3) is 0 Å². The van der Waals surface area contributed by atoms with Crippen molar-refractivity contribution in [2.45, 2.75) is 264 Å². The van der Waals surface area contributed by atoms with Gasteiger partial charge in [0, 0.05) is 12.8 Å². The Morgan fingerprint density at radius 2 is 0.910 bits per heavy atom. The molecule has 1 amide bonds. The lowest BCUT2D eigenvalue weighted by Gasteiger charge is -2.30. The zero-order chi connectivity index (χ0) is 49.4. The predicted molar refractivity (Wildman–Crippen MR) is 284 cm³/mol. The maximum atomic E-state index is 13.4. The average molecular weight is 963 g/mol. The summed E-state index contributed by atoms with van der Waals surface area (Å²) in [7, 11) is 1.17. The number of allylic oxidation sites excluding steroid dienone is 7. The van der Waals surface area contributed by atoms with Gasteiger partial charge in [-0.1, -0.05) is 217 Å². The van der Waals surface area contributed by atoms with E-state index in [2.05, 4.69) is 62.5 Å². The third-order valence-electron chi connectivity index (χ3n) is 12.3. The van der Waals surface area contributed by atoms with Gasteiger partial charge < -0.3 is 28.5 Å². The highest BCUT2D eigenvalue weighted by Crippen LogP contribution is 2.38. The van der Waals surface area contributed by atoms with Crippen molar-refractivity contribution in [3.05, 3.63) is 48.6 Å². The zero-order valence-electron chi connectivity index (χ0n) is 44.6. The van der Waals surface area contributed by atoms with E-state index in [1.807, 2.05) is 33.3 Å². The van der Waals surface area contributed by atoms with E-state index in [0.717, 1.165) is 77.0 Å². The molecule has 0 spiro atoms. The van der Waals surface area contributed by atoms with Crippen LogP contribution in [0.2, 0.25) is 0 Å². The van der Waals surface area contributed by atoms with Crippen LogP contribution in [0.4, 0.5) is 0 Å². The van der Waals surface area contributed by atoms with Crippen LogP contribution in [0.1, 0.15) is 252 Å². The van der Waals surface area contributed by atoms with Crippen LogP contribution in [0.3, 0.4) is 0 Å². The van der Waals surface area contributed by atoms with Gasteiger partial charge in [-0.05, 0) is 70.3 Å². The first kappa shape index (κ1) is 65.0. The van der Waals surface area contributed by atoms with Crippen molar-refractivity contribution in [3.8, 4) is 0 Å². The van der Waals surface area contributed by atoms with E-state index in [4.69, 9.17) is 13.8 Å². The molecular formula is C57H107N2O7P. The standard InChI is InChI=1S/C57H107N2O7P/c1-7-10-13-16-19-22-25-27-28-29-30-32-35-38-41-44-47-50-57(61)66-55(48-45-42-39-36-33-24-21-18-15-12-9-3)54(53-65-67(62,63)64-52-51-59(4,5)6)58-56(60)49-46-43-40-37-34-31-26-23-20-17-14-11-8-2/h19,22,27-28,30,32,45,48,54-55H,7-18,20-21,23-26,29,31,33-44,46-47,49-53H2,1-6H3,(H-,58,60,62,63)/b22-19-,28-27-,32-30-,48-45+. The average Bonchev–Trinajstić information content (AvgIpc) is 3.28. The van der Waals surface area contributed by atoms with Crippen LogP contribution >= 0.6 is 7.82 Å². The summed E-state index contributed by atoms with van der Waals surface area (Å²) in [5, 5.41) is 3.01. The van der Waals surface area contributed by atoms with Gasteiger partial charge in [0.05, 0.1) is 33.8 Å². The van der Waals surface area contributed by atoms with Crippen LogP contribution in [0.5, 0.6) is 0 Å². The molecule has 0 bridgehead atoms. The number of quaternary nitrogens is 1. The SMILES string of the molecule is CCCCC/C=C\C/C=C\C/C=C\CCCCCCC(=O)OC(/C=C/CCCCCCCCCCC)C(COP(=O)([O-])OCC[N+](C)(C)C)NC(=O)CCCCCCCCCCCCCCC. The van der Waals surface area contributed by atoms with Crippen LogP contribution in [-0.4, -0.2) is 69.4 Å². The number of ether oxygens (including phenoxy) is 1. The maximum Gasteiger partial charge on any atom is 0.306 e. The molecule has 0 rings (SSSR count). The Morgan fingerprint density at radius 1 is 0.522 bits per heavy atom. The lowest BCUT2D eigenvalue weighted by atomic mass is 10.0. The minimum absolute atomic E-state index is 0.0254. The molecular weight excluding hydrogens is 856 g/mol. The Labute approximate surface area is 414 Å². The summed E-state index contributed by atoms with van der Waals surface area (Å²) in [4.78, 5) is 39.7. The largest absolute Gasteiger partial charge is 0.756 e. The number of esters is 1. The van der Waals surface area contributed by atoms with E-state index in [-0.39, 0.29) is 24.9 Å². The van der Waals surface area contributed by atoms with Crippen molar-refractivity contribution in [1.29, 1.82) is 0 Å². The van der Waals surface area contributed by atoms with Gasteiger partial charge in [0.25, 0.3) is 7.82 Å². The lowest BCUT2D eigenvalue weighted by molar-refractivity contribution is -0.870. The van der Waals surface area contributed by atoms with Gasteiger partial charge >= 0.3 is 5.97 Å². The van der Waals surface area contributed by atoms with Crippen LogP contribution in [0.15, 0.2) is 48.6 Å². The number of phosphoric acid groups is 1. The van der Waals surface area contributed by atoms with Crippen LogP contribution < -0.4 is 10.2 Å². The molecule has 0 aliphatic carbocycles. The molecule has 0 heterocycles. The molecule has 67 heavy (non-hydrogen) atoms. The summed E-state index contributed by atoms with van der Waals surface area (Å²) in [5.74, 6) is -0.562.